The van der Waals surface area contributed by atoms with E-state index in [0.29, 0.717) is 6.04 Å². The predicted molar refractivity (Wildman–Crippen MR) is 52.0 cm³/mol. The number of nitrogens with zero attached hydrogens (tertiary/aromatic N) is 1. The lowest BCUT2D eigenvalue weighted by molar-refractivity contribution is 0.281. The summed E-state index contributed by atoms with van der Waals surface area (Å²) in [5.74, 6) is 0. The number of rotatable bonds is 3. The van der Waals surface area contributed by atoms with Gasteiger partial charge in [-0.1, -0.05) is 38.2 Å². The molecule has 0 atom stereocenters. The van der Waals surface area contributed by atoms with E-state index in [-0.39, 0.29) is 0 Å². The Morgan fingerprint density at radius 3 is 1.92 bits per heavy atom. The van der Waals surface area contributed by atoms with Gasteiger partial charge >= 0.3 is 0 Å². The smallest absolute Gasteiger partial charge is 0.0601 e. The van der Waals surface area contributed by atoms with E-state index in [1.807, 2.05) is 0 Å². The molecule has 0 saturated heterocycles. The summed E-state index contributed by atoms with van der Waals surface area (Å²) in [6, 6.07) is 0.583. The van der Waals surface area contributed by atoms with Gasteiger partial charge in [-0.25, -0.2) is 0 Å². The summed E-state index contributed by atoms with van der Waals surface area (Å²) >= 11 is 0. The second kappa shape index (κ2) is 2.91. The molecule has 0 heterocycles. The maximum absolute atomic E-state index is 2.49. The zero-order chi connectivity index (χ0) is 8.55. The molecular weight excluding hydrogens is 146 g/mol. The fourth-order valence-corrected chi connectivity index (χ4v) is 2.06. The van der Waals surface area contributed by atoms with Gasteiger partial charge in [-0.05, 0) is 24.2 Å². The second-order valence-electron chi connectivity index (χ2n) is 3.29. The molecule has 0 aromatic heterocycles. The maximum Gasteiger partial charge on any atom is 0.0601 e. The van der Waals surface area contributed by atoms with Crippen LogP contribution in [-0.4, -0.2) is 24.0 Å². The molecule has 0 amide bonds. The zero-order valence-electron chi connectivity index (χ0n) is 7.75. The van der Waals surface area contributed by atoms with Crippen molar-refractivity contribution < 1.29 is 0 Å². The van der Waals surface area contributed by atoms with Crippen molar-refractivity contribution >= 4 is 0 Å². The first-order chi connectivity index (χ1) is 5.86. The Bertz CT molecular complexity index is 245. The minimum absolute atomic E-state index is 0.583. The van der Waals surface area contributed by atoms with Crippen molar-refractivity contribution in [2.45, 2.75) is 19.9 Å². The third-order valence-electron chi connectivity index (χ3n) is 2.75. The van der Waals surface area contributed by atoms with Crippen LogP contribution in [0.4, 0.5) is 0 Å². The third kappa shape index (κ3) is 0.969. The van der Waals surface area contributed by atoms with Crippen molar-refractivity contribution in [2.24, 2.45) is 0 Å². The maximum atomic E-state index is 2.49. The molecular formula is C11H15N. The summed E-state index contributed by atoms with van der Waals surface area (Å²) in [4.78, 5) is 2.49. The molecule has 0 aliphatic heterocycles. The average molecular weight is 161 g/mol. The molecule has 2 bridgehead atoms. The molecule has 0 aromatic rings. The number of allylic oxidation sites excluding steroid dienone is 2. The number of fused-ring (bicyclic) bond motifs is 2. The molecule has 0 saturated carbocycles. The van der Waals surface area contributed by atoms with E-state index in [1.165, 1.54) is 11.1 Å². The topological polar surface area (TPSA) is 3.24 Å². The SMILES string of the molecule is CCN(CC)C1C2=CC=C1C=C2. The molecule has 0 aromatic carbocycles. The largest absolute Gasteiger partial charge is 0.293 e. The number of hydrogen-bond acceptors (Lipinski definition) is 1. The molecule has 0 radical (unpaired) electrons. The van der Waals surface area contributed by atoms with Gasteiger partial charge in [0.25, 0.3) is 0 Å². The minimum Gasteiger partial charge on any atom is -0.293 e. The monoisotopic (exact) mass is 161 g/mol. The highest BCUT2D eigenvalue weighted by Gasteiger charge is 2.28. The van der Waals surface area contributed by atoms with E-state index in [2.05, 4.69) is 43.1 Å². The van der Waals surface area contributed by atoms with Crippen LogP contribution in [0.5, 0.6) is 0 Å². The van der Waals surface area contributed by atoms with Gasteiger partial charge in [0, 0.05) is 0 Å². The Morgan fingerprint density at radius 1 is 1.08 bits per heavy atom. The second-order valence-corrected chi connectivity index (χ2v) is 3.29. The number of likely N-dealkylation sites (N-methyl/N-ethyl adjacent to an activating group) is 1. The first-order valence-corrected chi connectivity index (χ1v) is 4.70. The first-order valence-electron chi connectivity index (χ1n) is 4.70. The number of hydrogen-bond donors (Lipinski definition) is 0. The molecule has 2 rings (SSSR count). The van der Waals surface area contributed by atoms with Crippen molar-refractivity contribution in [3.63, 3.8) is 0 Å². The van der Waals surface area contributed by atoms with E-state index in [1.54, 1.807) is 0 Å². The van der Waals surface area contributed by atoms with Crippen LogP contribution in [0.2, 0.25) is 0 Å². The molecule has 1 nitrogen and oxygen atoms in total. The highest BCUT2D eigenvalue weighted by Crippen LogP contribution is 2.32. The summed E-state index contributed by atoms with van der Waals surface area (Å²) in [7, 11) is 0. The van der Waals surface area contributed by atoms with Gasteiger partial charge in [0.1, 0.15) is 0 Å². The van der Waals surface area contributed by atoms with Crippen LogP contribution < -0.4 is 0 Å². The highest BCUT2D eigenvalue weighted by atomic mass is 15.1. The molecule has 64 valence electrons. The normalized spacial score (nSPS) is 20.6. The van der Waals surface area contributed by atoms with E-state index in [0.717, 1.165) is 13.1 Å². The molecule has 2 aliphatic carbocycles. The van der Waals surface area contributed by atoms with Crippen molar-refractivity contribution in [3.8, 4) is 0 Å². The van der Waals surface area contributed by atoms with E-state index in [9.17, 15) is 0 Å². The van der Waals surface area contributed by atoms with Gasteiger partial charge in [-0.3, -0.25) is 4.90 Å². The fourth-order valence-electron chi connectivity index (χ4n) is 2.06. The van der Waals surface area contributed by atoms with Crippen LogP contribution in [-0.2, 0) is 0 Å². The summed E-state index contributed by atoms with van der Waals surface area (Å²) in [5.41, 5.74) is 2.93. The Morgan fingerprint density at radius 2 is 1.58 bits per heavy atom. The fraction of sp³-hybridized carbons (Fsp3) is 0.455. The molecule has 0 spiro atoms. The van der Waals surface area contributed by atoms with Gasteiger partial charge in [0.2, 0.25) is 0 Å². The highest BCUT2D eigenvalue weighted by molar-refractivity contribution is 5.56. The Hall–Kier alpha value is -0.820. The van der Waals surface area contributed by atoms with Crippen LogP contribution in [0.1, 0.15) is 13.8 Å². The minimum atomic E-state index is 0.583. The summed E-state index contributed by atoms with van der Waals surface area (Å²) in [6.07, 6.45) is 8.94. The summed E-state index contributed by atoms with van der Waals surface area (Å²) < 4.78 is 0. The lowest BCUT2D eigenvalue weighted by Gasteiger charge is -2.26. The standard InChI is InChI=1S/C11H15N/c1-3-12(4-2)11-9-5-6-10(11)8-7-9/h5-8,11H,3-4H2,1-2H3. The predicted octanol–water partition coefficient (Wildman–Crippen LogP) is 2.13. The van der Waals surface area contributed by atoms with Crippen LogP contribution >= 0.6 is 0 Å². The average Bonchev–Trinajstić information content (AvgIpc) is 2.68. The quantitative estimate of drug-likeness (QED) is 0.613. The van der Waals surface area contributed by atoms with Crippen LogP contribution in [0, 0.1) is 0 Å². The van der Waals surface area contributed by atoms with Crippen LogP contribution in [0.25, 0.3) is 0 Å². The third-order valence-corrected chi connectivity index (χ3v) is 2.75. The van der Waals surface area contributed by atoms with Gasteiger partial charge < -0.3 is 0 Å². The van der Waals surface area contributed by atoms with Gasteiger partial charge in [-0.2, -0.15) is 0 Å². The Labute approximate surface area is 74.1 Å². The van der Waals surface area contributed by atoms with E-state index in [4.69, 9.17) is 0 Å². The van der Waals surface area contributed by atoms with Crippen molar-refractivity contribution in [3.05, 3.63) is 35.5 Å². The Balaban J connectivity index is 2.18. The summed E-state index contributed by atoms with van der Waals surface area (Å²) in [5, 5.41) is 0. The molecule has 0 fully saturated rings. The van der Waals surface area contributed by atoms with Crippen molar-refractivity contribution in [1.82, 2.24) is 4.90 Å². The molecule has 2 aliphatic rings. The van der Waals surface area contributed by atoms with Gasteiger partial charge in [0.15, 0.2) is 0 Å². The molecule has 0 N–H and O–H groups in total. The van der Waals surface area contributed by atoms with Crippen molar-refractivity contribution in [2.75, 3.05) is 13.1 Å². The lowest BCUT2D eigenvalue weighted by Crippen LogP contribution is -2.34. The van der Waals surface area contributed by atoms with Crippen LogP contribution in [0.15, 0.2) is 35.5 Å². The lowest BCUT2D eigenvalue weighted by atomic mass is 10.1. The first kappa shape index (κ1) is 7.81. The Kier molecular flexibility index (Phi) is 1.89. The molecule has 1 heteroatoms. The van der Waals surface area contributed by atoms with E-state index >= 15 is 0 Å². The molecule has 12 heavy (non-hydrogen) atoms. The van der Waals surface area contributed by atoms with E-state index < -0.39 is 0 Å². The zero-order valence-corrected chi connectivity index (χ0v) is 7.75. The summed E-state index contributed by atoms with van der Waals surface area (Å²) in [6.45, 7) is 6.72. The van der Waals surface area contributed by atoms with Crippen LogP contribution in [0.3, 0.4) is 0 Å². The van der Waals surface area contributed by atoms with Gasteiger partial charge in [-0.15, -0.1) is 0 Å². The van der Waals surface area contributed by atoms with Gasteiger partial charge in [0.05, 0.1) is 6.04 Å². The molecule has 0 unspecified atom stereocenters. The van der Waals surface area contributed by atoms with Crippen molar-refractivity contribution in [1.29, 1.82) is 0 Å².